The second-order valence-electron chi connectivity index (χ2n) is 5.05. The fourth-order valence-electron chi connectivity index (χ4n) is 2.51. The first-order valence-corrected chi connectivity index (χ1v) is 7.27. The fraction of sp³-hybridized carbons (Fsp3) is 0.571. The molecule has 4 heteroatoms. The third-order valence-electron chi connectivity index (χ3n) is 3.60. The summed E-state index contributed by atoms with van der Waals surface area (Å²) in [5.74, 6) is -0.830. The minimum absolute atomic E-state index is 0.434. The van der Waals surface area contributed by atoms with Crippen molar-refractivity contribution in [2.24, 2.45) is 5.92 Å². The van der Waals surface area contributed by atoms with Crippen molar-refractivity contribution in [3.63, 3.8) is 0 Å². The van der Waals surface area contributed by atoms with Crippen molar-refractivity contribution >= 4 is 11.8 Å². The monoisotopic (exact) mass is 271 g/mol. The number of thioether (sulfide) groups is 1. The second-order valence-corrected chi connectivity index (χ2v) is 6.36. The molecule has 0 aromatic heterocycles. The van der Waals surface area contributed by atoms with Gasteiger partial charge in [-0.05, 0) is 50.4 Å². The molecule has 0 aliphatic heterocycles. The Labute approximate surface area is 111 Å². The molecule has 1 aliphatic rings. The van der Waals surface area contributed by atoms with Gasteiger partial charge in [-0.2, -0.15) is 0 Å². The van der Waals surface area contributed by atoms with Crippen molar-refractivity contribution in [2.75, 3.05) is 7.05 Å². The zero-order valence-electron chi connectivity index (χ0n) is 10.7. The first kappa shape index (κ1) is 13.8. The van der Waals surface area contributed by atoms with Crippen molar-refractivity contribution in [1.82, 2.24) is 5.32 Å². The maximum atomic E-state index is 13.2. The van der Waals surface area contributed by atoms with E-state index in [1.54, 1.807) is 17.8 Å². The van der Waals surface area contributed by atoms with Gasteiger partial charge >= 0.3 is 0 Å². The normalized spacial score (nSPS) is 28.3. The van der Waals surface area contributed by atoms with Crippen LogP contribution in [0.1, 0.15) is 26.2 Å². The van der Waals surface area contributed by atoms with Crippen molar-refractivity contribution in [3.05, 3.63) is 29.8 Å². The molecule has 3 unspecified atom stereocenters. The van der Waals surface area contributed by atoms with Crippen LogP contribution >= 0.6 is 11.8 Å². The summed E-state index contributed by atoms with van der Waals surface area (Å²) in [6, 6.07) is 4.62. The molecule has 100 valence electrons. The van der Waals surface area contributed by atoms with E-state index in [-0.39, 0.29) is 0 Å². The predicted molar refractivity (Wildman–Crippen MR) is 71.9 cm³/mol. The van der Waals surface area contributed by atoms with Crippen LogP contribution < -0.4 is 5.32 Å². The van der Waals surface area contributed by atoms with Crippen LogP contribution in [-0.2, 0) is 0 Å². The van der Waals surface area contributed by atoms with Crippen LogP contribution in [0.15, 0.2) is 23.1 Å². The molecule has 0 bridgehead atoms. The Balaban J connectivity index is 2.08. The van der Waals surface area contributed by atoms with Gasteiger partial charge in [-0.1, -0.05) is 6.92 Å². The van der Waals surface area contributed by atoms with Crippen LogP contribution in [0, 0.1) is 17.6 Å². The van der Waals surface area contributed by atoms with Crippen molar-refractivity contribution < 1.29 is 8.78 Å². The maximum Gasteiger partial charge on any atom is 0.159 e. The Hall–Kier alpha value is -0.610. The van der Waals surface area contributed by atoms with Crippen LogP contribution in [0.25, 0.3) is 0 Å². The van der Waals surface area contributed by atoms with E-state index in [9.17, 15) is 8.78 Å². The quantitative estimate of drug-likeness (QED) is 0.896. The summed E-state index contributed by atoms with van der Waals surface area (Å²) in [5.41, 5.74) is 0. The average molecular weight is 271 g/mol. The van der Waals surface area contributed by atoms with Crippen LogP contribution in [0.4, 0.5) is 8.78 Å². The first-order chi connectivity index (χ1) is 8.60. The average Bonchev–Trinajstić information content (AvgIpc) is 2.34. The molecule has 1 aromatic carbocycles. The highest BCUT2D eigenvalue weighted by Gasteiger charge is 2.28. The molecule has 1 aromatic rings. The van der Waals surface area contributed by atoms with Crippen molar-refractivity contribution in [1.29, 1.82) is 0 Å². The van der Waals surface area contributed by atoms with Gasteiger partial charge in [0.15, 0.2) is 11.6 Å². The zero-order chi connectivity index (χ0) is 13.1. The topological polar surface area (TPSA) is 12.0 Å². The lowest BCUT2D eigenvalue weighted by atomic mass is 9.87. The van der Waals surface area contributed by atoms with Crippen LogP contribution in [-0.4, -0.2) is 18.3 Å². The lowest BCUT2D eigenvalue weighted by Crippen LogP contribution is -2.40. The lowest BCUT2D eigenvalue weighted by molar-refractivity contribution is 0.329. The smallest absolute Gasteiger partial charge is 0.159 e. The van der Waals surface area contributed by atoms with Gasteiger partial charge in [0, 0.05) is 16.2 Å². The summed E-state index contributed by atoms with van der Waals surface area (Å²) in [6.45, 7) is 2.25. The molecule has 1 N–H and O–H groups in total. The number of hydrogen-bond donors (Lipinski definition) is 1. The second kappa shape index (κ2) is 6.02. The third kappa shape index (κ3) is 3.23. The van der Waals surface area contributed by atoms with E-state index in [0.717, 1.165) is 17.7 Å². The number of rotatable bonds is 3. The lowest BCUT2D eigenvalue weighted by Gasteiger charge is -2.34. The molecule has 0 radical (unpaired) electrons. The zero-order valence-corrected chi connectivity index (χ0v) is 11.6. The van der Waals surface area contributed by atoms with Crippen molar-refractivity contribution in [3.8, 4) is 0 Å². The van der Waals surface area contributed by atoms with E-state index < -0.39 is 11.6 Å². The van der Waals surface area contributed by atoms with E-state index >= 15 is 0 Å². The highest BCUT2D eigenvalue weighted by molar-refractivity contribution is 8.00. The van der Waals surface area contributed by atoms with Crippen molar-refractivity contribution in [2.45, 2.75) is 42.4 Å². The third-order valence-corrected chi connectivity index (χ3v) is 4.95. The van der Waals surface area contributed by atoms with E-state index in [4.69, 9.17) is 0 Å². The predicted octanol–water partition coefficient (Wildman–Crippen LogP) is 3.83. The van der Waals surface area contributed by atoms with Gasteiger partial charge in [-0.15, -0.1) is 11.8 Å². The summed E-state index contributed by atoms with van der Waals surface area (Å²) in [4.78, 5) is 0.813. The first-order valence-electron chi connectivity index (χ1n) is 6.39. The summed E-state index contributed by atoms with van der Waals surface area (Å²) >= 11 is 1.65. The highest BCUT2D eigenvalue weighted by Crippen LogP contribution is 2.36. The molecular formula is C14H19F2NS. The molecule has 0 spiro atoms. The molecule has 1 saturated carbocycles. The molecule has 2 rings (SSSR count). The van der Waals surface area contributed by atoms with E-state index in [1.165, 1.54) is 18.6 Å². The summed E-state index contributed by atoms with van der Waals surface area (Å²) in [7, 11) is 1.97. The van der Waals surface area contributed by atoms with Crippen LogP contribution in [0.2, 0.25) is 0 Å². The van der Waals surface area contributed by atoms with Crippen LogP contribution in [0.5, 0.6) is 0 Å². The number of hydrogen-bond acceptors (Lipinski definition) is 2. The molecule has 0 saturated heterocycles. The Morgan fingerprint density at radius 3 is 2.67 bits per heavy atom. The number of benzene rings is 1. The van der Waals surface area contributed by atoms with Gasteiger partial charge in [0.2, 0.25) is 0 Å². The summed E-state index contributed by atoms with van der Waals surface area (Å²) in [6.07, 6.45) is 3.51. The Morgan fingerprint density at radius 2 is 2.00 bits per heavy atom. The van der Waals surface area contributed by atoms with Gasteiger partial charge in [-0.3, -0.25) is 0 Å². The van der Waals surface area contributed by atoms with E-state index in [1.807, 2.05) is 7.05 Å². The summed E-state index contributed by atoms with van der Waals surface area (Å²) in [5, 5.41) is 3.77. The number of halogens is 2. The fourth-order valence-corrected chi connectivity index (χ4v) is 4.04. The van der Waals surface area contributed by atoms with Gasteiger partial charge in [0.05, 0.1) is 0 Å². The maximum absolute atomic E-state index is 13.2. The number of nitrogens with one attached hydrogen (secondary N) is 1. The van der Waals surface area contributed by atoms with E-state index in [2.05, 4.69) is 12.2 Å². The van der Waals surface area contributed by atoms with E-state index in [0.29, 0.717) is 17.2 Å². The molecule has 1 aliphatic carbocycles. The molecule has 18 heavy (non-hydrogen) atoms. The molecule has 1 fully saturated rings. The Kier molecular flexibility index (Phi) is 4.62. The van der Waals surface area contributed by atoms with Gasteiger partial charge < -0.3 is 5.32 Å². The highest BCUT2D eigenvalue weighted by atomic mass is 32.2. The SMILES string of the molecule is CNC1CCC(C)CC1Sc1ccc(F)c(F)c1. The molecule has 0 amide bonds. The summed E-state index contributed by atoms with van der Waals surface area (Å²) < 4.78 is 26.1. The Morgan fingerprint density at radius 1 is 1.22 bits per heavy atom. The van der Waals surface area contributed by atoms with Gasteiger partial charge in [-0.25, -0.2) is 8.78 Å². The minimum Gasteiger partial charge on any atom is -0.316 e. The standard InChI is InChI=1S/C14H19F2NS/c1-9-3-6-13(17-2)14(7-9)18-10-4-5-11(15)12(16)8-10/h4-5,8-9,13-14,17H,3,6-7H2,1-2H3. The van der Waals surface area contributed by atoms with Crippen LogP contribution in [0.3, 0.4) is 0 Å². The molecule has 0 heterocycles. The molecular weight excluding hydrogens is 252 g/mol. The van der Waals surface area contributed by atoms with Gasteiger partial charge in [0.25, 0.3) is 0 Å². The van der Waals surface area contributed by atoms with Gasteiger partial charge in [0.1, 0.15) is 0 Å². The molecule has 1 nitrogen and oxygen atoms in total. The minimum atomic E-state index is -0.776. The molecule has 3 atom stereocenters. The largest absolute Gasteiger partial charge is 0.316 e. The Bertz CT molecular complexity index is 411.